The van der Waals surface area contributed by atoms with Gasteiger partial charge in [0.2, 0.25) is 0 Å². The Kier molecular flexibility index (Phi) is 4.35. The van der Waals surface area contributed by atoms with Crippen LogP contribution >= 0.6 is 0 Å². The highest BCUT2D eigenvalue weighted by Crippen LogP contribution is 2.07. The number of nitrogens with zero attached hydrogens (tertiary/aromatic N) is 4. The first-order chi connectivity index (χ1) is 8.79. The molecule has 96 valence electrons. The highest BCUT2D eigenvalue weighted by molar-refractivity contribution is 5.16. The number of tetrazole rings is 1. The van der Waals surface area contributed by atoms with Gasteiger partial charge in [-0.3, -0.25) is 0 Å². The molecule has 1 N–H and O–H groups in total. The summed E-state index contributed by atoms with van der Waals surface area (Å²) in [6.45, 7) is 0.698. The maximum Gasteiger partial charge on any atom is 0.153 e. The predicted octanol–water partition coefficient (Wildman–Crippen LogP) is 0.980. The van der Waals surface area contributed by atoms with E-state index in [0.717, 1.165) is 18.4 Å². The largest absolute Gasteiger partial charge is 0.396 e. The smallest absolute Gasteiger partial charge is 0.153 e. The number of hydrogen-bond donors (Lipinski definition) is 1. The van der Waals surface area contributed by atoms with Gasteiger partial charge in [-0.1, -0.05) is 12.1 Å². The third kappa shape index (κ3) is 3.33. The topological polar surface area (TPSA) is 63.8 Å². The summed E-state index contributed by atoms with van der Waals surface area (Å²) in [7, 11) is 0. The van der Waals surface area contributed by atoms with Crippen LogP contribution in [0.15, 0.2) is 24.3 Å². The van der Waals surface area contributed by atoms with E-state index in [0.29, 0.717) is 18.8 Å². The first kappa shape index (κ1) is 12.6. The quantitative estimate of drug-likeness (QED) is 0.830. The Morgan fingerprint density at radius 2 is 2.17 bits per heavy atom. The van der Waals surface area contributed by atoms with Crippen molar-refractivity contribution in [3.63, 3.8) is 0 Å². The molecule has 0 radical (unpaired) electrons. The lowest BCUT2D eigenvalue weighted by Crippen LogP contribution is -2.08. The minimum absolute atomic E-state index is 0.0320. The Morgan fingerprint density at radius 3 is 2.94 bits per heavy atom. The van der Waals surface area contributed by atoms with Gasteiger partial charge in [-0.2, -0.15) is 0 Å². The molecule has 2 rings (SSSR count). The van der Waals surface area contributed by atoms with Crippen molar-refractivity contribution in [3.05, 3.63) is 41.5 Å². The lowest BCUT2D eigenvalue weighted by Gasteiger charge is -2.04. The molecule has 18 heavy (non-hydrogen) atoms. The summed E-state index contributed by atoms with van der Waals surface area (Å²) in [4.78, 5) is 0. The molecule has 0 saturated carbocycles. The summed E-state index contributed by atoms with van der Waals surface area (Å²) in [6.07, 6.45) is 2.05. The fraction of sp³-hybridized carbons (Fsp3) is 0.417. The molecule has 0 bridgehead atoms. The number of halogens is 1. The van der Waals surface area contributed by atoms with Crippen molar-refractivity contribution in [2.24, 2.45) is 0 Å². The van der Waals surface area contributed by atoms with Crippen LogP contribution in [0.3, 0.4) is 0 Å². The average molecular weight is 250 g/mol. The average Bonchev–Trinajstić information content (AvgIpc) is 2.78. The van der Waals surface area contributed by atoms with E-state index in [9.17, 15) is 4.39 Å². The number of aromatic nitrogens is 4. The molecule has 0 amide bonds. The highest BCUT2D eigenvalue weighted by Gasteiger charge is 2.04. The minimum atomic E-state index is -0.212. The van der Waals surface area contributed by atoms with Crippen LogP contribution in [-0.4, -0.2) is 31.9 Å². The van der Waals surface area contributed by atoms with Gasteiger partial charge in [0, 0.05) is 13.0 Å². The molecule has 0 saturated heterocycles. The zero-order valence-corrected chi connectivity index (χ0v) is 9.96. The molecule has 6 heteroatoms. The molecule has 0 aliphatic rings. The second kappa shape index (κ2) is 6.20. The Hall–Kier alpha value is -1.82. The molecule has 0 aliphatic carbocycles. The second-order valence-electron chi connectivity index (χ2n) is 4.03. The third-order valence-corrected chi connectivity index (χ3v) is 2.67. The van der Waals surface area contributed by atoms with Crippen LogP contribution in [-0.2, 0) is 19.4 Å². The zero-order valence-electron chi connectivity index (χ0n) is 9.96. The molecule has 2 aromatic rings. The zero-order chi connectivity index (χ0) is 12.8. The summed E-state index contributed by atoms with van der Waals surface area (Å²) in [5.41, 5.74) is 0.965. The van der Waals surface area contributed by atoms with Crippen molar-refractivity contribution >= 4 is 0 Å². The van der Waals surface area contributed by atoms with Crippen LogP contribution in [0.5, 0.6) is 0 Å². The van der Waals surface area contributed by atoms with E-state index >= 15 is 0 Å². The van der Waals surface area contributed by atoms with Crippen molar-refractivity contribution in [1.82, 2.24) is 20.2 Å². The fourth-order valence-corrected chi connectivity index (χ4v) is 1.80. The van der Waals surface area contributed by atoms with Gasteiger partial charge >= 0.3 is 0 Å². The van der Waals surface area contributed by atoms with Crippen molar-refractivity contribution in [1.29, 1.82) is 0 Å². The van der Waals surface area contributed by atoms with Crippen LogP contribution in [0, 0.1) is 5.82 Å². The summed E-state index contributed by atoms with van der Waals surface area (Å²) in [5, 5.41) is 20.1. The van der Waals surface area contributed by atoms with E-state index in [2.05, 4.69) is 15.5 Å². The van der Waals surface area contributed by atoms with Crippen LogP contribution in [0.4, 0.5) is 4.39 Å². The van der Waals surface area contributed by atoms with Crippen molar-refractivity contribution < 1.29 is 9.50 Å². The van der Waals surface area contributed by atoms with E-state index in [1.165, 1.54) is 12.1 Å². The predicted molar refractivity (Wildman–Crippen MR) is 63.3 cm³/mol. The van der Waals surface area contributed by atoms with Crippen LogP contribution in [0.1, 0.15) is 17.8 Å². The highest BCUT2D eigenvalue weighted by atomic mass is 19.1. The second-order valence-corrected chi connectivity index (χ2v) is 4.03. The number of benzene rings is 1. The number of aliphatic hydroxyl groups excluding tert-OH is 1. The maximum absolute atomic E-state index is 13.0. The van der Waals surface area contributed by atoms with Gasteiger partial charge in [-0.15, -0.1) is 5.10 Å². The molecule has 0 unspecified atom stereocenters. The number of aryl methyl sites for hydroxylation is 2. The summed E-state index contributed by atoms with van der Waals surface area (Å²) in [6, 6.07) is 6.58. The first-order valence-corrected chi connectivity index (χ1v) is 5.90. The summed E-state index contributed by atoms with van der Waals surface area (Å²) in [5.74, 6) is 0.465. The van der Waals surface area contributed by atoms with Crippen LogP contribution in [0.2, 0.25) is 0 Å². The molecule has 0 fully saturated rings. The Balaban J connectivity index is 1.86. The first-order valence-electron chi connectivity index (χ1n) is 5.90. The Morgan fingerprint density at radius 1 is 1.28 bits per heavy atom. The third-order valence-electron chi connectivity index (χ3n) is 2.67. The Labute approximate surface area is 104 Å². The lowest BCUT2D eigenvalue weighted by atomic mass is 10.1. The molecule has 1 aromatic heterocycles. The number of hydrogen-bond acceptors (Lipinski definition) is 4. The molecule has 1 aromatic carbocycles. The standard InChI is InChI=1S/C12H15FN4O/c13-11-5-1-3-10(9-11)4-2-7-17-12(6-8-18)14-15-16-17/h1,3,5,9,18H,2,4,6-8H2. The fourth-order valence-electron chi connectivity index (χ4n) is 1.80. The van der Waals surface area contributed by atoms with Gasteiger partial charge in [0.1, 0.15) is 5.82 Å². The van der Waals surface area contributed by atoms with Crippen molar-refractivity contribution in [2.45, 2.75) is 25.8 Å². The SMILES string of the molecule is OCCc1nnnn1CCCc1cccc(F)c1. The van der Waals surface area contributed by atoms with E-state index < -0.39 is 0 Å². The van der Waals surface area contributed by atoms with Gasteiger partial charge in [0.15, 0.2) is 5.82 Å². The summed E-state index contributed by atoms with van der Waals surface area (Å²) >= 11 is 0. The number of aliphatic hydroxyl groups is 1. The maximum atomic E-state index is 13.0. The van der Waals surface area contributed by atoms with E-state index in [1.807, 2.05) is 6.07 Å². The molecule has 0 atom stereocenters. The van der Waals surface area contributed by atoms with Gasteiger partial charge in [0.25, 0.3) is 0 Å². The van der Waals surface area contributed by atoms with Gasteiger partial charge < -0.3 is 5.11 Å². The molecule has 5 nitrogen and oxygen atoms in total. The van der Waals surface area contributed by atoms with Crippen molar-refractivity contribution in [3.8, 4) is 0 Å². The van der Waals surface area contributed by atoms with Gasteiger partial charge in [-0.05, 0) is 41.0 Å². The molecular weight excluding hydrogens is 235 g/mol. The van der Waals surface area contributed by atoms with E-state index in [1.54, 1.807) is 10.7 Å². The monoisotopic (exact) mass is 250 g/mol. The van der Waals surface area contributed by atoms with E-state index in [-0.39, 0.29) is 12.4 Å². The number of rotatable bonds is 6. The normalized spacial score (nSPS) is 10.8. The van der Waals surface area contributed by atoms with Crippen LogP contribution < -0.4 is 0 Å². The molecule has 0 aliphatic heterocycles. The van der Waals surface area contributed by atoms with E-state index in [4.69, 9.17) is 5.11 Å². The summed E-state index contributed by atoms with van der Waals surface area (Å²) < 4.78 is 14.6. The van der Waals surface area contributed by atoms with Gasteiger partial charge in [0.05, 0.1) is 6.61 Å². The lowest BCUT2D eigenvalue weighted by molar-refractivity contribution is 0.293. The van der Waals surface area contributed by atoms with Crippen molar-refractivity contribution in [2.75, 3.05) is 6.61 Å². The molecular formula is C12H15FN4O. The minimum Gasteiger partial charge on any atom is -0.396 e. The Bertz CT molecular complexity index is 500. The molecule has 1 heterocycles. The van der Waals surface area contributed by atoms with Crippen LogP contribution in [0.25, 0.3) is 0 Å². The van der Waals surface area contributed by atoms with Gasteiger partial charge in [-0.25, -0.2) is 9.07 Å². The molecule has 0 spiro atoms.